The normalized spacial score (nSPS) is 16.9. The van der Waals surface area contributed by atoms with Crippen LogP contribution in [0.25, 0.3) is 10.6 Å². The van der Waals surface area contributed by atoms with Gasteiger partial charge < -0.3 is 19.3 Å². The maximum absolute atomic E-state index is 13.0. The Bertz CT molecular complexity index is 1140. The van der Waals surface area contributed by atoms with E-state index in [1.807, 2.05) is 28.5 Å². The Labute approximate surface area is 210 Å². The summed E-state index contributed by atoms with van der Waals surface area (Å²) >= 11 is 1.61. The number of morpholine rings is 1. The molecule has 1 aromatic heterocycles. The van der Waals surface area contributed by atoms with E-state index >= 15 is 0 Å². The summed E-state index contributed by atoms with van der Waals surface area (Å²) in [5, 5.41) is 2.99. The molecule has 0 radical (unpaired) electrons. The van der Waals surface area contributed by atoms with Gasteiger partial charge in [0.1, 0.15) is 10.8 Å². The molecule has 0 unspecified atom stereocenters. The topological polar surface area (TPSA) is 58.1 Å². The van der Waals surface area contributed by atoms with Gasteiger partial charge in [0.05, 0.1) is 38.1 Å². The molecule has 7 nitrogen and oxygen atoms in total. The Morgan fingerprint density at radius 1 is 1.03 bits per heavy atom. The lowest BCUT2D eigenvalue weighted by Gasteiger charge is -2.36. The van der Waals surface area contributed by atoms with Gasteiger partial charge in [0.15, 0.2) is 0 Å². The van der Waals surface area contributed by atoms with Gasteiger partial charge in [0.2, 0.25) is 5.91 Å². The Hall–Kier alpha value is -2.94. The van der Waals surface area contributed by atoms with Crippen LogP contribution in [-0.4, -0.2) is 80.3 Å². The third kappa shape index (κ3) is 5.83. The summed E-state index contributed by atoms with van der Waals surface area (Å²) in [7, 11) is 1.70. The average Bonchev–Trinajstić information content (AvgIpc) is 3.38. The zero-order valence-electron chi connectivity index (χ0n) is 20.2. The maximum Gasteiger partial charge on any atom is 0.228 e. The Morgan fingerprint density at radius 2 is 1.83 bits per heavy atom. The molecule has 0 spiro atoms. The number of piperazine rings is 1. The Morgan fingerprint density at radius 3 is 2.63 bits per heavy atom. The first kappa shape index (κ1) is 23.8. The van der Waals surface area contributed by atoms with Crippen LogP contribution in [0.15, 0.2) is 53.9 Å². The summed E-state index contributed by atoms with van der Waals surface area (Å²) in [4.78, 5) is 24.4. The number of hydrogen-bond acceptors (Lipinski definition) is 7. The fraction of sp³-hybridized carbons (Fsp3) is 0.407. The molecular formula is C27H32N4O3S. The summed E-state index contributed by atoms with van der Waals surface area (Å²) in [5.41, 5.74) is 4.33. The molecule has 1 amide bonds. The number of methoxy groups -OCH3 is 1. The molecule has 35 heavy (non-hydrogen) atoms. The van der Waals surface area contributed by atoms with E-state index < -0.39 is 0 Å². The second-order valence-corrected chi connectivity index (χ2v) is 9.81. The molecule has 0 N–H and O–H groups in total. The largest absolute Gasteiger partial charge is 0.495 e. The number of anilines is 1. The van der Waals surface area contributed by atoms with Crippen LogP contribution >= 0.6 is 11.3 Å². The van der Waals surface area contributed by atoms with Crippen LogP contribution in [0, 0.1) is 0 Å². The van der Waals surface area contributed by atoms with E-state index in [0.29, 0.717) is 19.5 Å². The quantitative estimate of drug-likeness (QED) is 0.503. The van der Waals surface area contributed by atoms with Gasteiger partial charge in [-0.1, -0.05) is 30.3 Å². The summed E-state index contributed by atoms with van der Waals surface area (Å²) in [5.74, 6) is 1.01. The van der Waals surface area contributed by atoms with Crippen LogP contribution in [0.1, 0.15) is 11.3 Å². The summed E-state index contributed by atoms with van der Waals surface area (Å²) in [6.07, 6.45) is 0.346. The van der Waals surface area contributed by atoms with Gasteiger partial charge in [-0.2, -0.15) is 0 Å². The van der Waals surface area contributed by atoms with Crippen LogP contribution in [0.2, 0.25) is 0 Å². The zero-order valence-corrected chi connectivity index (χ0v) is 21.0. The van der Waals surface area contributed by atoms with Crippen molar-refractivity contribution in [3.8, 4) is 16.3 Å². The van der Waals surface area contributed by atoms with Gasteiger partial charge in [-0.05, 0) is 23.8 Å². The zero-order chi connectivity index (χ0) is 24.0. The van der Waals surface area contributed by atoms with E-state index in [0.717, 1.165) is 73.6 Å². The third-order valence-electron chi connectivity index (χ3n) is 6.63. The van der Waals surface area contributed by atoms with Crippen molar-refractivity contribution in [3.63, 3.8) is 0 Å². The van der Waals surface area contributed by atoms with Gasteiger partial charge in [-0.25, -0.2) is 4.98 Å². The van der Waals surface area contributed by atoms with Gasteiger partial charge in [0.25, 0.3) is 0 Å². The van der Waals surface area contributed by atoms with Crippen LogP contribution in [0.5, 0.6) is 5.75 Å². The molecule has 3 aromatic rings. The summed E-state index contributed by atoms with van der Waals surface area (Å²) < 4.78 is 11.0. The molecule has 2 saturated heterocycles. The van der Waals surface area contributed by atoms with Crippen molar-refractivity contribution < 1.29 is 14.3 Å². The predicted octanol–water partition coefficient (Wildman–Crippen LogP) is 3.54. The molecule has 184 valence electrons. The van der Waals surface area contributed by atoms with E-state index in [9.17, 15) is 4.79 Å². The van der Waals surface area contributed by atoms with Crippen LogP contribution < -0.4 is 9.64 Å². The van der Waals surface area contributed by atoms with Crippen LogP contribution in [0.4, 0.5) is 5.69 Å². The molecule has 0 bridgehead atoms. The van der Waals surface area contributed by atoms with Gasteiger partial charge in [0, 0.05) is 56.8 Å². The number of amides is 1. The SMILES string of the molecule is COc1ccccc1N1CCN(C(=O)Cc2csc(-c3cccc(CN4CCOCC4)c3)n2)CC1. The second kappa shape index (κ2) is 11.2. The molecule has 0 saturated carbocycles. The first-order valence-electron chi connectivity index (χ1n) is 12.2. The number of para-hydroxylation sites is 2. The minimum atomic E-state index is 0.141. The molecule has 3 heterocycles. The summed E-state index contributed by atoms with van der Waals surface area (Å²) in [6, 6.07) is 16.6. The molecule has 2 aliphatic heterocycles. The number of carbonyl (C=O) groups is 1. The van der Waals surface area contributed by atoms with Crippen molar-refractivity contribution in [1.29, 1.82) is 0 Å². The van der Waals surface area contributed by atoms with Crippen molar-refractivity contribution in [1.82, 2.24) is 14.8 Å². The van der Waals surface area contributed by atoms with Crippen LogP contribution in [0.3, 0.4) is 0 Å². The molecule has 5 rings (SSSR count). The Balaban J connectivity index is 1.17. The molecule has 2 fully saturated rings. The highest BCUT2D eigenvalue weighted by molar-refractivity contribution is 7.13. The van der Waals surface area contributed by atoms with Gasteiger partial charge in [-0.15, -0.1) is 11.3 Å². The Kier molecular flexibility index (Phi) is 7.61. The first-order chi connectivity index (χ1) is 17.2. The lowest BCUT2D eigenvalue weighted by molar-refractivity contribution is -0.130. The predicted molar refractivity (Wildman–Crippen MR) is 139 cm³/mol. The van der Waals surface area contributed by atoms with Crippen LogP contribution in [-0.2, 0) is 22.5 Å². The minimum absolute atomic E-state index is 0.141. The van der Waals surface area contributed by atoms with E-state index in [-0.39, 0.29) is 5.91 Å². The maximum atomic E-state index is 13.0. The average molecular weight is 493 g/mol. The van der Waals surface area contributed by atoms with E-state index in [4.69, 9.17) is 14.5 Å². The van der Waals surface area contributed by atoms with E-state index in [2.05, 4.69) is 40.1 Å². The third-order valence-corrected chi connectivity index (χ3v) is 7.57. The molecular weight excluding hydrogens is 460 g/mol. The minimum Gasteiger partial charge on any atom is -0.495 e. The smallest absolute Gasteiger partial charge is 0.228 e. The number of rotatable bonds is 7. The van der Waals surface area contributed by atoms with Crippen molar-refractivity contribution >= 4 is 22.9 Å². The number of thiazole rings is 1. The lowest BCUT2D eigenvalue weighted by atomic mass is 10.1. The van der Waals surface area contributed by atoms with Crippen molar-refractivity contribution in [3.05, 3.63) is 65.2 Å². The van der Waals surface area contributed by atoms with Crippen molar-refractivity contribution in [2.75, 3.05) is 64.5 Å². The first-order valence-corrected chi connectivity index (χ1v) is 13.1. The second-order valence-electron chi connectivity index (χ2n) is 8.95. The fourth-order valence-corrected chi connectivity index (χ4v) is 5.51. The highest BCUT2D eigenvalue weighted by Gasteiger charge is 2.23. The fourth-order valence-electron chi connectivity index (χ4n) is 4.70. The standard InChI is InChI=1S/C27H32N4O3S/c1-33-25-8-3-2-7-24(25)30-9-11-31(12-10-30)26(32)18-23-20-35-27(28-23)22-6-4-5-21(17-22)19-29-13-15-34-16-14-29/h2-8,17,20H,9-16,18-19H2,1H3. The van der Waals surface area contributed by atoms with E-state index in [1.54, 1.807) is 18.4 Å². The number of nitrogens with zero attached hydrogens (tertiary/aromatic N) is 4. The van der Waals surface area contributed by atoms with Crippen molar-refractivity contribution in [2.45, 2.75) is 13.0 Å². The molecule has 2 aliphatic rings. The highest BCUT2D eigenvalue weighted by atomic mass is 32.1. The lowest BCUT2D eigenvalue weighted by Crippen LogP contribution is -2.49. The summed E-state index contributed by atoms with van der Waals surface area (Å²) in [6.45, 7) is 7.48. The number of carbonyl (C=O) groups excluding carboxylic acids is 1. The molecule has 8 heteroatoms. The number of ether oxygens (including phenoxy) is 2. The van der Waals surface area contributed by atoms with Gasteiger partial charge in [-0.3, -0.25) is 9.69 Å². The highest BCUT2D eigenvalue weighted by Crippen LogP contribution is 2.29. The monoisotopic (exact) mass is 492 g/mol. The van der Waals surface area contributed by atoms with Crippen molar-refractivity contribution in [2.24, 2.45) is 0 Å². The number of benzene rings is 2. The van der Waals surface area contributed by atoms with Gasteiger partial charge >= 0.3 is 0 Å². The molecule has 0 atom stereocenters. The number of hydrogen-bond donors (Lipinski definition) is 0. The number of aromatic nitrogens is 1. The molecule has 2 aromatic carbocycles. The molecule has 0 aliphatic carbocycles. The van der Waals surface area contributed by atoms with E-state index in [1.165, 1.54) is 5.56 Å².